The van der Waals surface area contributed by atoms with Crippen molar-refractivity contribution in [3.8, 4) is 5.75 Å². The average molecular weight is 336 g/mol. The monoisotopic (exact) mass is 335 g/mol. The van der Waals surface area contributed by atoms with Crippen LogP contribution in [0.4, 0.5) is 11.5 Å². The van der Waals surface area contributed by atoms with Crippen LogP contribution in [0.5, 0.6) is 5.75 Å². The van der Waals surface area contributed by atoms with Crippen LogP contribution >= 0.6 is 15.9 Å². The molecule has 0 saturated heterocycles. The lowest BCUT2D eigenvalue weighted by atomic mass is 10.1. The summed E-state index contributed by atoms with van der Waals surface area (Å²) in [6.07, 6.45) is 1.61. The topological polar surface area (TPSA) is 77.2 Å². The molecule has 0 fully saturated rings. The first-order valence-electron chi connectivity index (χ1n) is 6.05. The van der Waals surface area contributed by atoms with E-state index in [0.29, 0.717) is 29.4 Å². The van der Waals surface area contributed by atoms with E-state index in [1.807, 2.05) is 6.92 Å². The van der Waals surface area contributed by atoms with Crippen LogP contribution in [0.15, 0.2) is 41.0 Å². The van der Waals surface area contributed by atoms with Gasteiger partial charge in [-0.05, 0) is 53.2 Å². The molecular weight excluding hydrogens is 322 g/mol. The molecule has 6 heteroatoms. The van der Waals surface area contributed by atoms with E-state index in [2.05, 4.69) is 26.2 Å². The minimum atomic E-state index is -0.269. The highest BCUT2D eigenvalue weighted by Crippen LogP contribution is 2.23. The molecule has 104 valence electrons. The Bertz CT molecular complexity index is 614. The molecule has 2 aromatic rings. The third-order valence-corrected chi connectivity index (χ3v) is 3.01. The summed E-state index contributed by atoms with van der Waals surface area (Å²) in [7, 11) is 0. The number of nitrogen functional groups attached to an aromatic ring is 1. The van der Waals surface area contributed by atoms with Gasteiger partial charge in [0.15, 0.2) is 0 Å². The molecule has 1 aromatic carbocycles. The Hall–Kier alpha value is -2.08. The molecule has 0 spiro atoms. The number of halogens is 1. The van der Waals surface area contributed by atoms with Crippen LogP contribution < -0.4 is 15.8 Å². The van der Waals surface area contributed by atoms with Gasteiger partial charge in [-0.15, -0.1) is 0 Å². The fourth-order valence-electron chi connectivity index (χ4n) is 1.61. The summed E-state index contributed by atoms with van der Waals surface area (Å²) in [5.41, 5.74) is 6.72. The third kappa shape index (κ3) is 3.48. The molecule has 2 rings (SSSR count). The summed E-state index contributed by atoms with van der Waals surface area (Å²) in [5.74, 6) is 0.783. The molecule has 3 N–H and O–H groups in total. The van der Waals surface area contributed by atoms with Gasteiger partial charge in [-0.1, -0.05) is 0 Å². The molecule has 20 heavy (non-hydrogen) atoms. The Morgan fingerprint density at radius 2 is 2.20 bits per heavy atom. The van der Waals surface area contributed by atoms with Gasteiger partial charge < -0.3 is 15.8 Å². The predicted molar refractivity (Wildman–Crippen MR) is 81.9 cm³/mol. The SMILES string of the molecule is CCOc1ccc(C(=O)Nc2ccc(Br)cn2)cc1N. The number of benzene rings is 1. The number of carbonyl (C=O) groups excluding carboxylic acids is 1. The van der Waals surface area contributed by atoms with E-state index >= 15 is 0 Å². The van der Waals surface area contributed by atoms with Crippen molar-refractivity contribution in [2.24, 2.45) is 0 Å². The molecule has 0 aliphatic carbocycles. The fourth-order valence-corrected chi connectivity index (χ4v) is 1.85. The first kappa shape index (κ1) is 14.3. The van der Waals surface area contributed by atoms with Crippen molar-refractivity contribution in [3.63, 3.8) is 0 Å². The van der Waals surface area contributed by atoms with Crippen molar-refractivity contribution in [1.82, 2.24) is 4.98 Å². The van der Waals surface area contributed by atoms with Crippen molar-refractivity contribution in [2.75, 3.05) is 17.7 Å². The second-order valence-electron chi connectivity index (χ2n) is 4.00. The van der Waals surface area contributed by atoms with Crippen LogP contribution in [0.25, 0.3) is 0 Å². The van der Waals surface area contributed by atoms with Crippen LogP contribution in [0.2, 0.25) is 0 Å². The molecule has 0 saturated carbocycles. The number of nitrogens with zero attached hydrogens (tertiary/aromatic N) is 1. The van der Waals surface area contributed by atoms with Crippen molar-refractivity contribution >= 4 is 33.3 Å². The number of rotatable bonds is 4. The third-order valence-electron chi connectivity index (χ3n) is 2.54. The van der Waals surface area contributed by atoms with Gasteiger partial charge in [0.05, 0.1) is 12.3 Å². The lowest BCUT2D eigenvalue weighted by Crippen LogP contribution is -2.13. The van der Waals surface area contributed by atoms with Gasteiger partial charge in [-0.3, -0.25) is 4.79 Å². The van der Waals surface area contributed by atoms with E-state index in [1.165, 1.54) is 0 Å². The Morgan fingerprint density at radius 1 is 1.40 bits per heavy atom. The fraction of sp³-hybridized carbons (Fsp3) is 0.143. The number of aromatic nitrogens is 1. The van der Waals surface area contributed by atoms with E-state index < -0.39 is 0 Å². The van der Waals surface area contributed by atoms with Crippen LogP contribution in [0.1, 0.15) is 17.3 Å². The van der Waals surface area contributed by atoms with Crippen molar-refractivity contribution in [2.45, 2.75) is 6.92 Å². The number of nitrogens with one attached hydrogen (secondary N) is 1. The maximum Gasteiger partial charge on any atom is 0.256 e. The van der Waals surface area contributed by atoms with E-state index in [4.69, 9.17) is 10.5 Å². The number of carbonyl (C=O) groups is 1. The Labute approximate surface area is 125 Å². The minimum Gasteiger partial charge on any atom is -0.492 e. The van der Waals surface area contributed by atoms with Gasteiger partial charge in [0.2, 0.25) is 0 Å². The number of hydrogen-bond donors (Lipinski definition) is 2. The summed E-state index contributed by atoms with van der Waals surface area (Å²) in [4.78, 5) is 16.1. The van der Waals surface area contributed by atoms with Crippen molar-refractivity contribution < 1.29 is 9.53 Å². The molecule has 5 nitrogen and oxygen atoms in total. The second-order valence-corrected chi connectivity index (χ2v) is 4.92. The van der Waals surface area contributed by atoms with Gasteiger partial charge in [-0.2, -0.15) is 0 Å². The first-order chi connectivity index (χ1) is 9.60. The standard InChI is InChI=1S/C14H14BrN3O2/c1-2-20-12-5-3-9(7-11(12)16)14(19)18-13-6-4-10(15)8-17-13/h3-8H,2,16H2,1H3,(H,17,18,19). The zero-order chi connectivity index (χ0) is 14.5. The van der Waals surface area contributed by atoms with Crippen LogP contribution in [0.3, 0.4) is 0 Å². The van der Waals surface area contributed by atoms with Crippen LogP contribution in [-0.2, 0) is 0 Å². The summed E-state index contributed by atoms with van der Waals surface area (Å²) < 4.78 is 6.18. The molecule has 1 aromatic heterocycles. The van der Waals surface area contributed by atoms with E-state index in [1.54, 1.807) is 36.5 Å². The van der Waals surface area contributed by atoms with Crippen molar-refractivity contribution in [3.05, 3.63) is 46.6 Å². The quantitative estimate of drug-likeness (QED) is 0.841. The van der Waals surface area contributed by atoms with Crippen molar-refractivity contribution in [1.29, 1.82) is 0 Å². The summed E-state index contributed by atoms with van der Waals surface area (Å²) in [6, 6.07) is 8.44. The maximum atomic E-state index is 12.1. The highest BCUT2D eigenvalue weighted by Gasteiger charge is 2.09. The van der Waals surface area contributed by atoms with Gasteiger partial charge in [0, 0.05) is 16.2 Å². The maximum absolute atomic E-state index is 12.1. The largest absolute Gasteiger partial charge is 0.492 e. The van der Waals surface area contributed by atoms with E-state index in [0.717, 1.165) is 4.47 Å². The smallest absolute Gasteiger partial charge is 0.256 e. The van der Waals surface area contributed by atoms with Gasteiger partial charge >= 0.3 is 0 Å². The Morgan fingerprint density at radius 3 is 2.80 bits per heavy atom. The van der Waals surface area contributed by atoms with Crippen LogP contribution in [0, 0.1) is 0 Å². The molecule has 0 aliphatic rings. The van der Waals surface area contributed by atoms with Gasteiger partial charge in [-0.25, -0.2) is 4.98 Å². The number of anilines is 2. The number of nitrogens with two attached hydrogens (primary N) is 1. The zero-order valence-corrected chi connectivity index (χ0v) is 12.5. The van der Waals surface area contributed by atoms with Gasteiger partial charge in [0.1, 0.15) is 11.6 Å². The average Bonchev–Trinajstić information content (AvgIpc) is 2.44. The minimum absolute atomic E-state index is 0.269. The second kappa shape index (κ2) is 6.38. The number of ether oxygens (including phenoxy) is 1. The number of pyridine rings is 1. The summed E-state index contributed by atoms with van der Waals surface area (Å²) >= 11 is 3.28. The molecule has 0 unspecified atom stereocenters. The lowest BCUT2D eigenvalue weighted by Gasteiger charge is -2.09. The molecule has 0 bridgehead atoms. The van der Waals surface area contributed by atoms with Gasteiger partial charge in [0.25, 0.3) is 5.91 Å². The predicted octanol–water partition coefficient (Wildman–Crippen LogP) is 3.08. The highest BCUT2D eigenvalue weighted by molar-refractivity contribution is 9.10. The first-order valence-corrected chi connectivity index (χ1v) is 6.84. The van der Waals surface area contributed by atoms with E-state index in [-0.39, 0.29) is 5.91 Å². The van der Waals surface area contributed by atoms with E-state index in [9.17, 15) is 4.79 Å². The highest BCUT2D eigenvalue weighted by atomic mass is 79.9. The van der Waals surface area contributed by atoms with Crippen LogP contribution in [-0.4, -0.2) is 17.5 Å². The Balaban J connectivity index is 2.13. The molecule has 0 atom stereocenters. The molecule has 1 heterocycles. The lowest BCUT2D eigenvalue weighted by molar-refractivity contribution is 0.102. The number of amides is 1. The summed E-state index contributed by atoms with van der Waals surface area (Å²) in [5, 5.41) is 2.70. The summed E-state index contributed by atoms with van der Waals surface area (Å²) in [6.45, 7) is 2.40. The normalized spacial score (nSPS) is 10.1. The molecule has 1 amide bonds. The molecular formula is C14H14BrN3O2. The molecule has 0 radical (unpaired) electrons. The molecule has 0 aliphatic heterocycles. The zero-order valence-electron chi connectivity index (χ0n) is 10.9. The Kier molecular flexibility index (Phi) is 4.57. The number of hydrogen-bond acceptors (Lipinski definition) is 4.